The predicted octanol–water partition coefficient (Wildman–Crippen LogP) is 2.52. The second-order valence-corrected chi connectivity index (χ2v) is 7.73. The molecule has 4 aliphatic carbocycles. The monoisotopic (exact) mass is 237 g/mol. The van der Waals surface area contributed by atoms with E-state index in [0.29, 0.717) is 17.4 Å². The standard InChI is InChI=1S/C15H27NO/c1-14-6-12-5-13(7-14)9-15(8-12,10-14)11-16(2)3-4-17/h12-13,17H,3-11H2,1-2H3. The van der Waals surface area contributed by atoms with Crippen molar-refractivity contribution in [2.24, 2.45) is 22.7 Å². The van der Waals surface area contributed by atoms with Crippen molar-refractivity contribution in [1.29, 1.82) is 0 Å². The minimum absolute atomic E-state index is 0.302. The first-order chi connectivity index (χ1) is 8.03. The fourth-order valence-corrected chi connectivity index (χ4v) is 5.94. The Bertz CT molecular complexity index is 287. The number of hydrogen-bond donors (Lipinski definition) is 1. The van der Waals surface area contributed by atoms with Crippen LogP contribution < -0.4 is 0 Å². The van der Waals surface area contributed by atoms with Crippen LogP contribution in [-0.4, -0.2) is 36.8 Å². The van der Waals surface area contributed by atoms with Crippen molar-refractivity contribution in [1.82, 2.24) is 4.90 Å². The van der Waals surface area contributed by atoms with Gasteiger partial charge in [-0.2, -0.15) is 0 Å². The molecular weight excluding hydrogens is 210 g/mol. The van der Waals surface area contributed by atoms with Crippen LogP contribution in [0.25, 0.3) is 0 Å². The lowest BCUT2D eigenvalue weighted by molar-refractivity contribution is -0.111. The Morgan fingerprint density at radius 3 is 2.35 bits per heavy atom. The van der Waals surface area contributed by atoms with Crippen LogP contribution in [0.5, 0.6) is 0 Å². The molecule has 4 aliphatic rings. The van der Waals surface area contributed by atoms with Gasteiger partial charge in [-0.05, 0) is 68.2 Å². The summed E-state index contributed by atoms with van der Waals surface area (Å²) in [5.74, 6) is 2.03. The van der Waals surface area contributed by atoms with Crippen LogP contribution >= 0.6 is 0 Å². The van der Waals surface area contributed by atoms with Crippen molar-refractivity contribution < 1.29 is 5.11 Å². The molecule has 17 heavy (non-hydrogen) atoms. The Hall–Kier alpha value is -0.0800. The maximum atomic E-state index is 9.06. The first-order valence-corrected chi connectivity index (χ1v) is 7.32. The maximum absolute atomic E-state index is 9.06. The van der Waals surface area contributed by atoms with E-state index in [1.165, 1.54) is 45.1 Å². The molecular formula is C15H27NO. The molecule has 0 aliphatic heterocycles. The van der Waals surface area contributed by atoms with Crippen molar-refractivity contribution in [2.45, 2.75) is 45.4 Å². The summed E-state index contributed by atoms with van der Waals surface area (Å²) in [5.41, 5.74) is 1.26. The minimum atomic E-state index is 0.302. The number of hydrogen-bond acceptors (Lipinski definition) is 2. The first-order valence-electron chi connectivity index (χ1n) is 7.32. The van der Waals surface area contributed by atoms with Gasteiger partial charge in [0.15, 0.2) is 0 Å². The Morgan fingerprint density at radius 2 is 1.82 bits per heavy atom. The highest BCUT2D eigenvalue weighted by molar-refractivity contribution is 5.06. The first kappa shape index (κ1) is 12.0. The van der Waals surface area contributed by atoms with E-state index in [-0.39, 0.29) is 0 Å². The summed E-state index contributed by atoms with van der Waals surface area (Å²) in [6.45, 7) is 4.89. The van der Waals surface area contributed by atoms with Crippen molar-refractivity contribution >= 4 is 0 Å². The Morgan fingerprint density at radius 1 is 1.18 bits per heavy atom. The lowest BCUT2D eigenvalue weighted by atomic mass is 9.44. The number of likely N-dealkylation sites (N-methyl/N-ethyl adjacent to an activating group) is 1. The van der Waals surface area contributed by atoms with Crippen LogP contribution in [0.15, 0.2) is 0 Å². The summed E-state index contributed by atoms with van der Waals surface area (Å²) in [7, 11) is 2.18. The van der Waals surface area contributed by atoms with Crippen LogP contribution in [0.2, 0.25) is 0 Å². The average molecular weight is 237 g/mol. The summed E-state index contributed by atoms with van der Waals surface area (Å²) < 4.78 is 0. The largest absolute Gasteiger partial charge is 0.395 e. The molecule has 2 nitrogen and oxygen atoms in total. The summed E-state index contributed by atoms with van der Waals surface area (Å²) in [5, 5.41) is 9.06. The van der Waals surface area contributed by atoms with Gasteiger partial charge in [0, 0.05) is 13.1 Å². The predicted molar refractivity (Wildman–Crippen MR) is 69.8 cm³/mol. The van der Waals surface area contributed by atoms with E-state index in [0.717, 1.165) is 18.4 Å². The molecule has 2 unspecified atom stereocenters. The van der Waals surface area contributed by atoms with Gasteiger partial charge in [0.2, 0.25) is 0 Å². The van der Waals surface area contributed by atoms with Crippen molar-refractivity contribution in [3.63, 3.8) is 0 Å². The SMILES string of the molecule is CN(CCO)CC12CC3CC(CC(C)(C3)C1)C2. The van der Waals surface area contributed by atoms with E-state index in [4.69, 9.17) is 5.11 Å². The van der Waals surface area contributed by atoms with E-state index in [1.54, 1.807) is 0 Å². The van der Waals surface area contributed by atoms with E-state index in [1.807, 2.05) is 0 Å². The quantitative estimate of drug-likeness (QED) is 0.812. The number of nitrogens with zero attached hydrogens (tertiary/aromatic N) is 1. The molecule has 0 radical (unpaired) electrons. The van der Waals surface area contributed by atoms with Crippen LogP contribution in [0.4, 0.5) is 0 Å². The van der Waals surface area contributed by atoms with Gasteiger partial charge in [-0.3, -0.25) is 0 Å². The van der Waals surface area contributed by atoms with Gasteiger partial charge in [0.25, 0.3) is 0 Å². The molecule has 98 valence electrons. The zero-order valence-corrected chi connectivity index (χ0v) is 11.4. The summed E-state index contributed by atoms with van der Waals surface area (Å²) in [6.07, 6.45) is 8.89. The van der Waals surface area contributed by atoms with Gasteiger partial charge in [-0.1, -0.05) is 6.92 Å². The molecule has 0 saturated heterocycles. The number of aliphatic hydroxyl groups is 1. The topological polar surface area (TPSA) is 23.5 Å². The maximum Gasteiger partial charge on any atom is 0.0558 e. The molecule has 4 rings (SSSR count). The highest BCUT2D eigenvalue weighted by atomic mass is 16.3. The van der Waals surface area contributed by atoms with E-state index in [2.05, 4.69) is 18.9 Å². The van der Waals surface area contributed by atoms with Crippen LogP contribution in [-0.2, 0) is 0 Å². The zero-order valence-electron chi connectivity index (χ0n) is 11.4. The molecule has 0 heterocycles. The lowest BCUT2D eigenvalue weighted by Crippen LogP contribution is -2.54. The van der Waals surface area contributed by atoms with Gasteiger partial charge in [-0.15, -0.1) is 0 Å². The highest BCUT2D eigenvalue weighted by Gasteiger charge is 2.55. The molecule has 1 N–H and O–H groups in total. The summed E-state index contributed by atoms with van der Waals surface area (Å²) in [6, 6.07) is 0. The Balaban J connectivity index is 1.74. The molecule has 4 bridgehead atoms. The lowest BCUT2D eigenvalue weighted by Gasteiger charge is -2.62. The fraction of sp³-hybridized carbons (Fsp3) is 1.00. The fourth-order valence-electron chi connectivity index (χ4n) is 5.94. The second-order valence-electron chi connectivity index (χ2n) is 7.73. The van der Waals surface area contributed by atoms with Gasteiger partial charge in [0.1, 0.15) is 0 Å². The Kier molecular flexibility index (Phi) is 2.79. The molecule has 4 fully saturated rings. The third kappa shape index (κ3) is 2.15. The normalized spacial score (nSPS) is 48.0. The van der Waals surface area contributed by atoms with Crippen LogP contribution in [0, 0.1) is 22.7 Å². The third-order valence-corrected chi connectivity index (χ3v) is 5.56. The van der Waals surface area contributed by atoms with Gasteiger partial charge in [0.05, 0.1) is 6.61 Å². The van der Waals surface area contributed by atoms with Crippen molar-refractivity contribution in [3.8, 4) is 0 Å². The van der Waals surface area contributed by atoms with E-state index >= 15 is 0 Å². The van der Waals surface area contributed by atoms with Gasteiger partial charge in [-0.25, -0.2) is 0 Å². The molecule has 2 atom stereocenters. The average Bonchev–Trinajstić information content (AvgIpc) is 2.11. The summed E-state index contributed by atoms with van der Waals surface area (Å²) >= 11 is 0. The molecule has 0 aromatic carbocycles. The minimum Gasteiger partial charge on any atom is -0.395 e. The third-order valence-electron chi connectivity index (χ3n) is 5.56. The second kappa shape index (κ2) is 3.96. The number of aliphatic hydroxyl groups excluding tert-OH is 1. The molecule has 4 saturated carbocycles. The van der Waals surface area contributed by atoms with Crippen molar-refractivity contribution in [3.05, 3.63) is 0 Å². The molecule has 0 spiro atoms. The van der Waals surface area contributed by atoms with Gasteiger partial charge >= 0.3 is 0 Å². The smallest absolute Gasteiger partial charge is 0.0558 e. The van der Waals surface area contributed by atoms with E-state index < -0.39 is 0 Å². The molecule has 2 heteroatoms. The van der Waals surface area contributed by atoms with Gasteiger partial charge < -0.3 is 10.0 Å². The Labute approximate surface area is 105 Å². The molecule has 0 aromatic rings. The molecule has 0 amide bonds. The molecule has 0 aromatic heterocycles. The number of rotatable bonds is 4. The van der Waals surface area contributed by atoms with E-state index in [9.17, 15) is 0 Å². The summed E-state index contributed by atoms with van der Waals surface area (Å²) in [4.78, 5) is 2.36. The van der Waals surface area contributed by atoms with Crippen LogP contribution in [0.1, 0.15) is 45.4 Å². The van der Waals surface area contributed by atoms with Crippen molar-refractivity contribution in [2.75, 3.05) is 26.7 Å². The zero-order chi connectivity index (χ0) is 12.1. The van der Waals surface area contributed by atoms with Crippen LogP contribution in [0.3, 0.4) is 0 Å². The highest BCUT2D eigenvalue weighted by Crippen LogP contribution is 2.65.